The fraction of sp³-hybridized carbons (Fsp3) is 0.312. The average molecular weight is 256 g/mol. The summed E-state index contributed by atoms with van der Waals surface area (Å²) in [6, 6.07) is 10.4. The molecule has 19 heavy (non-hydrogen) atoms. The molecule has 1 aromatic heterocycles. The van der Waals surface area contributed by atoms with Crippen molar-refractivity contribution >= 4 is 5.69 Å². The van der Waals surface area contributed by atoms with Crippen LogP contribution < -0.4 is 10.1 Å². The van der Waals surface area contributed by atoms with Crippen LogP contribution in [0, 0.1) is 13.8 Å². The summed E-state index contributed by atoms with van der Waals surface area (Å²) in [4.78, 5) is 4.29. The molecule has 1 heterocycles. The van der Waals surface area contributed by atoms with Gasteiger partial charge in [0, 0.05) is 11.8 Å². The molecule has 0 aliphatic carbocycles. The Hall–Kier alpha value is -2.03. The van der Waals surface area contributed by atoms with Gasteiger partial charge in [0.2, 0.25) is 0 Å². The summed E-state index contributed by atoms with van der Waals surface area (Å²) in [5, 5.41) is 3.48. The van der Waals surface area contributed by atoms with E-state index >= 15 is 0 Å². The highest BCUT2D eigenvalue weighted by atomic mass is 16.5. The minimum absolute atomic E-state index is 0.165. The van der Waals surface area contributed by atoms with Gasteiger partial charge in [-0.05, 0) is 44.5 Å². The Labute approximate surface area is 114 Å². The summed E-state index contributed by atoms with van der Waals surface area (Å²) in [5.74, 6) is 0.918. The van der Waals surface area contributed by atoms with Crippen LogP contribution in [0.4, 0.5) is 5.69 Å². The maximum atomic E-state index is 5.46. The summed E-state index contributed by atoms with van der Waals surface area (Å²) in [7, 11) is 1.71. The van der Waals surface area contributed by atoms with Crippen molar-refractivity contribution < 1.29 is 4.74 Å². The second-order valence-electron chi connectivity index (χ2n) is 4.75. The predicted octanol–water partition coefficient (Wildman–Crippen LogP) is 3.88. The number of aryl methyl sites for hydroxylation is 2. The number of rotatable bonds is 4. The van der Waals surface area contributed by atoms with E-state index in [-0.39, 0.29) is 6.04 Å². The molecule has 2 rings (SSSR count). The van der Waals surface area contributed by atoms with Gasteiger partial charge in [0.1, 0.15) is 5.75 Å². The highest BCUT2D eigenvalue weighted by Crippen LogP contribution is 2.29. The van der Waals surface area contributed by atoms with Crippen molar-refractivity contribution in [1.29, 1.82) is 0 Å². The molecule has 3 nitrogen and oxygen atoms in total. The molecule has 2 aromatic rings. The van der Waals surface area contributed by atoms with Gasteiger partial charge in [-0.25, -0.2) is 0 Å². The van der Waals surface area contributed by atoms with E-state index in [9.17, 15) is 0 Å². The number of methoxy groups -OCH3 is 1. The van der Waals surface area contributed by atoms with E-state index < -0.39 is 0 Å². The Bertz CT molecular complexity index is 566. The van der Waals surface area contributed by atoms with Gasteiger partial charge in [0.05, 0.1) is 24.5 Å². The summed E-state index contributed by atoms with van der Waals surface area (Å²) in [6.45, 7) is 6.19. The molecule has 1 atom stereocenters. The highest BCUT2D eigenvalue weighted by molar-refractivity contribution is 5.50. The normalized spacial score (nSPS) is 12.0. The van der Waals surface area contributed by atoms with E-state index in [1.807, 2.05) is 19.1 Å². The molecule has 0 bridgehead atoms. The van der Waals surface area contributed by atoms with Crippen LogP contribution in [0.15, 0.2) is 36.5 Å². The van der Waals surface area contributed by atoms with Crippen molar-refractivity contribution in [2.45, 2.75) is 26.8 Å². The molecule has 3 heteroatoms. The molecule has 0 aliphatic rings. The number of aromatic nitrogens is 1. The average Bonchev–Trinajstić information content (AvgIpc) is 2.41. The van der Waals surface area contributed by atoms with Gasteiger partial charge in [-0.3, -0.25) is 4.98 Å². The van der Waals surface area contributed by atoms with Crippen molar-refractivity contribution in [1.82, 2.24) is 4.98 Å². The number of ether oxygens (including phenoxy) is 1. The maximum absolute atomic E-state index is 5.46. The molecule has 0 amide bonds. The number of hydrogen-bond acceptors (Lipinski definition) is 3. The molecule has 1 unspecified atom stereocenters. The predicted molar refractivity (Wildman–Crippen MR) is 78.7 cm³/mol. The molecular weight excluding hydrogens is 236 g/mol. The third-order valence-corrected chi connectivity index (χ3v) is 3.23. The summed E-state index contributed by atoms with van der Waals surface area (Å²) < 4.78 is 5.46. The molecule has 0 saturated heterocycles. The molecule has 0 aliphatic heterocycles. The molecule has 0 spiro atoms. The topological polar surface area (TPSA) is 34.1 Å². The first kappa shape index (κ1) is 13.4. The molecule has 1 aromatic carbocycles. The van der Waals surface area contributed by atoms with Gasteiger partial charge in [-0.15, -0.1) is 0 Å². The SMILES string of the molecule is COc1cc(C)ccc1C(C)Nc1cccnc1C. The second kappa shape index (κ2) is 5.74. The van der Waals surface area contributed by atoms with Crippen LogP contribution in [0.25, 0.3) is 0 Å². The second-order valence-corrected chi connectivity index (χ2v) is 4.75. The van der Waals surface area contributed by atoms with Crippen molar-refractivity contribution in [2.24, 2.45) is 0 Å². The Morgan fingerprint density at radius 1 is 1.21 bits per heavy atom. The number of nitrogens with one attached hydrogen (secondary N) is 1. The van der Waals surface area contributed by atoms with E-state index in [0.717, 1.165) is 22.7 Å². The van der Waals surface area contributed by atoms with Crippen LogP contribution in [-0.2, 0) is 0 Å². The molecule has 0 saturated carbocycles. The molecular formula is C16H20N2O. The first-order valence-electron chi connectivity index (χ1n) is 6.44. The Morgan fingerprint density at radius 2 is 2.00 bits per heavy atom. The fourth-order valence-corrected chi connectivity index (χ4v) is 2.12. The van der Waals surface area contributed by atoms with E-state index in [1.54, 1.807) is 13.3 Å². The first-order chi connectivity index (χ1) is 9.11. The third kappa shape index (κ3) is 3.05. The smallest absolute Gasteiger partial charge is 0.124 e. The van der Waals surface area contributed by atoms with Gasteiger partial charge in [0.15, 0.2) is 0 Å². The Balaban J connectivity index is 2.25. The number of benzene rings is 1. The van der Waals surface area contributed by atoms with Crippen LogP contribution in [0.1, 0.15) is 29.8 Å². The zero-order valence-corrected chi connectivity index (χ0v) is 11.9. The lowest BCUT2D eigenvalue weighted by atomic mass is 10.0. The quantitative estimate of drug-likeness (QED) is 0.901. The summed E-state index contributed by atoms with van der Waals surface area (Å²) in [5.41, 5.74) is 4.40. The van der Waals surface area contributed by atoms with E-state index in [4.69, 9.17) is 4.74 Å². The fourth-order valence-electron chi connectivity index (χ4n) is 2.12. The lowest BCUT2D eigenvalue weighted by Crippen LogP contribution is -2.09. The third-order valence-electron chi connectivity index (χ3n) is 3.23. The summed E-state index contributed by atoms with van der Waals surface area (Å²) >= 11 is 0. The number of nitrogens with zero attached hydrogens (tertiary/aromatic N) is 1. The van der Waals surface area contributed by atoms with Crippen LogP contribution in [0.3, 0.4) is 0 Å². The number of hydrogen-bond donors (Lipinski definition) is 1. The van der Waals surface area contributed by atoms with Crippen molar-refractivity contribution in [3.05, 3.63) is 53.3 Å². The molecule has 0 fully saturated rings. The van der Waals surface area contributed by atoms with Gasteiger partial charge >= 0.3 is 0 Å². The van der Waals surface area contributed by atoms with Gasteiger partial charge in [0.25, 0.3) is 0 Å². The summed E-state index contributed by atoms with van der Waals surface area (Å²) in [6.07, 6.45) is 1.80. The zero-order chi connectivity index (χ0) is 13.8. The molecule has 0 radical (unpaired) electrons. The zero-order valence-electron chi connectivity index (χ0n) is 11.9. The standard InChI is InChI=1S/C16H20N2O/c1-11-7-8-14(16(10-11)19-4)12(2)18-15-6-5-9-17-13(15)3/h5-10,12,18H,1-4H3. The van der Waals surface area contributed by atoms with Crippen LogP contribution in [0.2, 0.25) is 0 Å². The van der Waals surface area contributed by atoms with Gasteiger partial charge in [-0.1, -0.05) is 12.1 Å². The largest absolute Gasteiger partial charge is 0.496 e. The molecule has 100 valence electrons. The highest BCUT2D eigenvalue weighted by Gasteiger charge is 2.12. The van der Waals surface area contributed by atoms with Gasteiger partial charge in [-0.2, -0.15) is 0 Å². The lowest BCUT2D eigenvalue weighted by Gasteiger charge is -2.19. The van der Waals surface area contributed by atoms with E-state index in [0.29, 0.717) is 0 Å². The number of pyridine rings is 1. The lowest BCUT2D eigenvalue weighted by molar-refractivity contribution is 0.407. The van der Waals surface area contributed by atoms with E-state index in [2.05, 4.69) is 42.3 Å². The Kier molecular flexibility index (Phi) is 4.05. The minimum atomic E-state index is 0.165. The first-order valence-corrected chi connectivity index (χ1v) is 6.44. The molecule has 1 N–H and O–H groups in total. The number of anilines is 1. The Morgan fingerprint density at radius 3 is 2.68 bits per heavy atom. The monoisotopic (exact) mass is 256 g/mol. The van der Waals surface area contributed by atoms with Crippen LogP contribution >= 0.6 is 0 Å². The minimum Gasteiger partial charge on any atom is -0.496 e. The maximum Gasteiger partial charge on any atom is 0.124 e. The van der Waals surface area contributed by atoms with Crippen molar-refractivity contribution in [2.75, 3.05) is 12.4 Å². The van der Waals surface area contributed by atoms with Crippen molar-refractivity contribution in [3.8, 4) is 5.75 Å². The van der Waals surface area contributed by atoms with Crippen molar-refractivity contribution in [3.63, 3.8) is 0 Å². The van der Waals surface area contributed by atoms with E-state index in [1.165, 1.54) is 5.56 Å². The van der Waals surface area contributed by atoms with Gasteiger partial charge < -0.3 is 10.1 Å². The van der Waals surface area contributed by atoms with Crippen LogP contribution in [-0.4, -0.2) is 12.1 Å². The van der Waals surface area contributed by atoms with Crippen LogP contribution in [0.5, 0.6) is 5.75 Å².